The third kappa shape index (κ3) is 3.58. The number of aryl methyl sites for hydroxylation is 3. The molecule has 0 bridgehead atoms. The average Bonchev–Trinajstić information content (AvgIpc) is 3.05. The highest BCUT2D eigenvalue weighted by Crippen LogP contribution is 2.14. The molecule has 0 saturated heterocycles. The minimum atomic E-state index is -1.05. The molecule has 0 aliphatic rings. The number of nitrogens with zero attached hydrogens (tertiary/aromatic N) is 5. The molecule has 2 heterocycles. The molecule has 2 aromatic rings. The molecule has 8 nitrogen and oxygen atoms in total. The van der Waals surface area contributed by atoms with Crippen molar-refractivity contribution in [1.29, 1.82) is 0 Å². The number of aromatic carboxylic acids is 1. The summed E-state index contributed by atoms with van der Waals surface area (Å²) in [6.45, 7) is 4.61. The summed E-state index contributed by atoms with van der Waals surface area (Å²) in [5.74, 6) is -1.12. The molecule has 124 valence electrons. The monoisotopic (exact) mass is 319 g/mol. The largest absolute Gasteiger partial charge is 0.477 e. The highest BCUT2D eigenvalue weighted by atomic mass is 16.4. The molecule has 0 saturated carbocycles. The Kier molecular flexibility index (Phi) is 4.83. The highest BCUT2D eigenvalue weighted by molar-refractivity contribution is 5.85. The van der Waals surface area contributed by atoms with Gasteiger partial charge in [-0.2, -0.15) is 10.2 Å². The second-order valence-electron chi connectivity index (χ2n) is 5.52. The Hall–Kier alpha value is -2.64. The van der Waals surface area contributed by atoms with Gasteiger partial charge >= 0.3 is 5.97 Å². The number of carboxylic acids is 1. The van der Waals surface area contributed by atoms with Crippen LogP contribution in [0.5, 0.6) is 0 Å². The maximum Gasteiger partial charge on any atom is 0.354 e. The molecule has 0 aliphatic heterocycles. The fourth-order valence-electron chi connectivity index (χ4n) is 2.46. The smallest absolute Gasteiger partial charge is 0.354 e. The Morgan fingerprint density at radius 1 is 1.35 bits per heavy atom. The maximum absolute atomic E-state index is 12.3. The summed E-state index contributed by atoms with van der Waals surface area (Å²) in [7, 11) is 3.61. The fraction of sp³-hybridized carbons (Fsp3) is 0.467. The topological polar surface area (TPSA) is 93.3 Å². The number of aromatic nitrogens is 4. The summed E-state index contributed by atoms with van der Waals surface area (Å²) in [5, 5.41) is 17.3. The number of hydrogen-bond acceptors (Lipinski definition) is 4. The van der Waals surface area contributed by atoms with E-state index in [9.17, 15) is 9.59 Å². The molecule has 0 radical (unpaired) electrons. The fourth-order valence-corrected chi connectivity index (χ4v) is 2.46. The van der Waals surface area contributed by atoms with Gasteiger partial charge < -0.3 is 10.0 Å². The van der Waals surface area contributed by atoms with Crippen molar-refractivity contribution < 1.29 is 14.7 Å². The number of carbonyl (C=O) groups is 2. The van der Waals surface area contributed by atoms with Crippen LogP contribution in [0.25, 0.3) is 0 Å². The first-order valence-electron chi connectivity index (χ1n) is 7.29. The van der Waals surface area contributed by atoms with E-state index in [1.54, 1.807) is 16.6 Å². The van der Waals surface area contributed by atoms with E-state index in [1.165, 1.54) is 16.9 Å². The van der Waals surface area contributed by atoms with Gasteiger partial charge in [0.2, 0.25) is 5.91 Å². The first-order valence-corrected chi connectivity index (χ1v) is 7.29. The molecular weight excluding hydrogens is 298 g/mol. The van der Waals surface area contributed by atoms with Crippen molar-refractivity contribution in [3.63, 3.8) is 0 Å². The molecular formula is C15H21N5O3. The van der Waals surface area contributed by atoms with Crippen LogP contribution >= 0.6 is 0 Å². The zero-order chi connectivity index (χ0) is 17.1. The van der Waals surface area contributed by atoms with Gasteiger partial charge in [0.15, 0.2) is 0 Å². The zero-order valence-corrected chi connectivity index (χ0v) is 13.8. The van der Waals surface area contributed by atoms with Crippen molar-refractivity contribution >= 4 is 11.9 Å². The summed E-state index contributed by atoms with van der Waals surface area (Å²) >= 11 is 0. The van der Waals surface area contributed by atoms with E-state index in [4.69, 9.17) is 5.11 Å². The van der Waals surface area contributed by atoms with Gasteiger partial charge in [0.25, 0.3) is 0 Å². The SMILES string of the molecule is Cc1nn(C)c(C)c1CN(C)C(=O)CCn1nccc1C(=O)O. The number of carbonyl (C=O) groups excluding carboxylic acids is 1. The molecule has 23 heavy (non-hydrogen) atoms. The second-order valence-corrected chi connectivity index (χ2v) is 5.52. The first-order chi connectivity index (χ1) is 10.8. The number of carboxylic acid groups (broad SMARTS) is 1. The molecule has 1 amide bonds. The standard InChI is InChI=1S/C15H21N5O3/c1-10-12(11(2)19(4)17-10)9-18(3)14(21)6-8-20-13(15(22)23)5-7-16-20/h5,7H,6,8-9H2,1-4H3,(H,22,23). The molecule has 8 heteroatoms. The van der Waals surface area contributed by atoms with Gasteiger partial charge in [0, 0.05) is 44.5 Å². The summed E-state index contributed by atoms with van der Waals surface area (Å²) in [6, 6.07) is 1.42. The third-order valence-electron chi connectivity index (χ3n) is 3.95. The van der Waals surface area contributed by atoms with Gasteiger partial charge in [0.1, 0.15) is 5.69 Å². The van der Waals surface area contributed by atoms with Gasteiger partial charge in [0.05, 0.1) is 12.2 Å². The lowest BCUT2D eigenvalue weighted by atomic mass is 10.2. The van der Waals surface area contributed by atoms with E-state index in [-0.39, 0.29) is 24.6 Å². The minimum Gasteiger partial charge on any atom is -0.477 e. The molecule has 0 fully saturated rings. The molecule has 2 aromatic heterocycles. The van der Waals surface area contributed by atoms with Gasteiger partial charge in [-0.25, -0.2) is 4.79 Å². The predicted octanol–water partition coefficient (Wildman–Crippen LogP) is 0.980. The highest BCUT2D eigenvalue weighted by Gasteiger charge is 2.17. The number of rotatable bonds is 6. The van der Waals surface area contributed by atoms with Crippen LogP contribution in [0.2, 0.25) is 0 Å². The van der Waals surface area contributed by atoms with Crippen LogP contribution in [0, 0.1) is 13.8 Å². The van der Waals surface area contributed by atoms with Crippen molar-refractivity contribution in [2.24, 2.45) is 7.05 Å². The molecule has 0 aromatic carbocycles. The lowest BCUT2D eigenvalue weighted by molar-refractivity contribution is -0.130. The normalized spacial score (nSPS) is 10.8. The van der Waals surface area contributed by atoms with Crippen molar-refractivity contribution in [1.82, 2.24) is 24.5 Å². The molecule has 0 atom stereocenters. The van der Waals surface area contributed by atoms with E-state index in [2.05, 4.69) is 10.2 Å². The predicted molar refractivity (Wildman–Crippen MR) is 83.0 cm³/mol. The molecule has 2 rings (SSSR count). The molecule has 0 spiro atoms. The van der Waals surface area contributed by atoms with Gasteiger partial charge in [-0.05, 0) is 19.9 Å². The molecule has 0 unspecified atom stereocenters. The molecule has 0 aliphatic carbocycles. The summed E-state index contributed by atoms with van der Waals surface area (Å²) in [6.07, 6.45) is 1.61. The van der Waals surface area contributed by atoms with Crippen molar-refractivity contribution in [2.75, 3.05) is 7.05 Å². The molecule has 1 N–H and O–H groups in total. The second kappa shape index (κ2) is 6.64. The Balaban J connectivity index is 1.98. The zero-order valence-electron chi connectivity index (χ0n) is 13.8. The van der Waals surface area contributed by atoms with Gasteiger partial charge in [-0.15, -0.1) is 0 Å². The van der Waals surface area contributed by atoms with E-state index >= 15 is 0 Å². The van der Waals surface area contributed by atoms with E-state index in [0.717, 1.165) is 17.0 Å². The minimum absolute atomic E-state index is 0.0699. The lowest BCUT2D eigenvalue weighted by Gasteiger charge is -2.17. The quantitative estimate of drug-likeness (QED) is 0.856. The maximum atomic E-state index is 12.3. The van der Waals surface area contributed by atoms with Crippen molar-refractivity contribution in [2.45, 2.75) is 33.4 Å². The van der Waals surface area contributed by atoms with E-state index in [1.807, 2.05) is 20.9 Å². The summed E-state index contributed by atoms with van der Waals surface area (Å²) in [5.41, 5.74) is 3.06. The van der Waals surface area contributed by atoms with Crippen molar-refractivity contribution in [3.05, 3.63) is 34.9 Å². The van der Waals surface area contributed by atoms with Crippen LogP contribution in [0.3, 0.4) is 0 Å². The van der Waals surface area contributed by atoms with Crippen LogP contribution in [-0.4, -0.2) is 48.5 Å². The van der Waals surface area contributed by atoms with Gasteiger partial charge in [-0.3, -0.25) is 14.2 Å². The Morgan fingerprint density at radius 3 is 2.61 bits per heavy atom. The van der Waals surface area contributed by atoms with Crippen LogP contribution in [0.15, 0.2) is 12.3 Å². The van der Waals surface area contributed by atoms with Crippen LogP contribution in [0.4, 0.5) is 0 Å². The summed E-state index contributed by atoms with van der Waals surface area (Å²) < 4.78 is 3.13. The number of amides is 1. The Morgan fingerprint density at radius 2 is 2.04 bits per heavy atom. The summed E-state index contributed by atoms with van der Waals surface area (Å²) in [4.78, 5) is 24.9. The van der Waals surface area contributed by atoms with E-state index in [0.29, 0.717) is 6.54 Å². The van der Waals surface area contributed by atoms with Gasteiger partial charge in [-0.1, -0.05) is 0 Å². The van der Waals surface area contributed by atoms with Crippen molar-refractivity contribution in [3.8, 4) is 0 Å². The van der Waals surface area contributed by atoms with Crippen LogP contribution < -0.4 is 0 Å². The third-order valence-corrected chi connectivity index (χ3v) is 3.95. The van der Waals surface area contributed by atoms with E-state index < -0.39 is 5.97 Å². The number of hydrogen-bond donors (Lipinski definition) is 1. The lowest BCUT2D eigenvalue weighted by Crippen LogP contribution is -2.28. The first kappa shape index (κ1) is 16.7. The average molecular weight is 319 g/mol. The van der Waals surface area contributed by atoms with Crippen LogP contribution in [-0.2, 0) is 24.9 Å². The Bertz CT molecular complexity index is 732. The Labute approximate surface area is 134 Å². The van der Waals surface area contributed by atoms with Crippen LogP contribution in [0.1, 0.15) is 33.9 Å².